The van der Waals surface area contributed by atoms with Crippen molar-refractivity contribution in [3.05, 3.63) is 35.9 Å². The molecule has 1 aliphatic rings. The third kappa shape index (κ3) is 4.05. The van der Waals surface area contributed by atoms with Gasteiger partial charge in [0, 0.05) is 12.6 Å². The maximum absolute atomic E-state index is 12.0. The zero-order valence-electron chi connectivity index (χ0n) is 12.5. The molecule has 0 bridgehead atoms. The van der Waals surface area contributed by atoms with Crippen molar-refractivity contribution in [1.82, 2.24) is 10.2 Å². The topological polar surface area (TPSA) is 41.6 Å². The summed E-state index contributed by atoms with van der Waals surface area (Å²) >= 11 is 0. The monoisotopic (exact) mass is 276 g/mol. The number of hydrogen-bond acceptors (Lipinski definition) is 3. The van der Waals surface area contributed by atoms with Gasteiger partial charge in [-0.3, -0.25) is 9.69 Å². The van der Waals surface area contributed by atoms with Crippen LogP contribution in [-0.2, 0) is 9.53 Å². The van der Waals surface area contributed by atoms with Crippen molar-refractivity contribution in [2.75, 3.05) is 19.7 Å². The molecule has 0 spiro atoms. The van der Waals surface area contributed by atoms with E-state index < -0.39 is 0 Å². The number of hydrogen-bond donors (Lipinski definition) is 1. The fourth-order valence-electron chi connectivity index (χ4n) is 2.58. The van der Waals surface area contributed by atoms with Crippen molar-refractivity contribution in [3.63, 3.8) is 0 Å². The lowest BCUT2D eigenvalue weighted by Gasteiger charge is -2.38. The van der Waals surface area contributed by atoms with Crippen LogP contribution < -0.4 is 5.32 Å². The summed E-state index contributed by atoms with van der Waals surface area (Å²) in [6.07, 6.45) is 0.168. The molecule has 20 heavy (non-hydrogen) atoms. The summed E-state index contributed by atoms with van der Waals surface area (Å²) in [6.45, 7) is 7.86. The number of rotatable bonds is 4. The molecule has 0 unspecified atom stereocenters. The summed E-state index contributed by atoms with van der Waals surface area (Å²) in [6, 6.07) is 10.6. The molecule has 0 saturated carbocycles. The van der Waals surface area contributed by atoms with Crippen LogP contribution in [0.25, 0.3) is 0 Å². The molecule has 0 radical (unpaired) electrons. The van der Waals surface area contributed by atoms with E-state index in [0.717, 1.165) is 6.54 Å². The molecule has 0 aliphatic carbocycles. The van der Waals surface area contributed by atoms with Crippen LogP contribution in [0, 0.1) is 0 Å². The minimum absolute atomic E-state index is 0.0787. The molecule has 1 N–H and O–H groups in total. The number of morpholine rings is 1. The molecule has 1 aromatic rings. The molecule has 1 heterocycles. The van der Waals surface area contributed by atoms with Gasteiger partial charge in [-0.15, -0.1) is 0 Å². The minimum atomic E-state index is 0.0787. The van der Waals surface area contributed by atoms with Crippen molar-refractivity contribution in [3.8, 4) is 0 Å². The zero-order valence-corrected chi connectivity index (χ0v) is 12.5. The molecule has 4 nitrogen and oxygen atoms in total. The molecule has 1 saturated heterocycles. The van der Waals surface area contributed by atoms with Crippen LogP contribution >= 0.6 is 0 Å². The van der Waals surface area contributed by atoms with E-state index in [1.807, 2.05) is 32.0 Å². The lowest BCUT2D eigenvalue weighted by atomic mass is 10.0. The van der Waals surface area contributed by atoms with Gasteiger partial charge in [0.25, 0.3) is 0 Å². The van der Waals surface area contributed by atoms with Gasteiger partial charge in [-0.05, 0) is 26.3 Å². The first-order chi connectivity index (χ1) is 9.56. The second kappa shape index (κ2) is 6.86. The standard InChI is InChI=1S/C16H24N2O2/c1-12(2)17-16(19)10-18-9-13(3)20-11-15(18)14-7-5-4-6-8-14/h4-8,12-13,15H,9-11H2,1-3H3,(H,17,19)/t13-,15-/m1/s1. The predicted octanol–water partition coefficient (Wildman–Crippen LogP) is 1.97. The van der Waals surface area contributed by atoms with Crippen LogP contribution in [0.15, 0.2) is 30.3 Å². The van der Waals surface area contributed by atoms with E-state index >= 15 is 0 Å². The largest absolute Gasteiger partial charge is 0.375 e. The Morgan fingerprint density at radius 2 is 2.10 bits per heavy atom. The summed E-state index contributed by atoms with van der Waals surface area (Å²) in [5.74, 6) is 0.0787. The van der Waals surface area contributed by atoms with Gasteiger partial charge in [0.1, 0.15) is 0 Å². The molecule has 1 fully saturated rings. The first-order valence-corrected chi connectivity index (χ1v) is 7.26. The van der Waals surface area contributed by atoms with E-state index in [1.165, 1.54) is 5.56 Å². The molecular formula is C16H24N2O2. The second-order valence-corrected chi connectivity index (χ2v) is 5.72. The Balaban J connectivity index is 2.07. The molecule has 2 atom stereocenters. The van der Waals surface area contributed by atoms with Crippen molar-refractivity contribution >= 4 is 5.91 Å². The van der Waals surface area contributed by atoms with Crippen LogP contribution in [0.4, 0.5) is 0 Å². The second-order valence-electron chi connectivity index (χ2n) is 5.72. The molecular weight excluding hydrogens is 252 g/mol. The Morgan fingerprint density at radius 1 is 1.40 bits per heavy atom. The Bertz CT molecular complexity index is 433. The summed E-state index contributed by atoms with van der Waals surface area (Å²) in [7, 11) is 0. The van der Waals surface area contributed by atoms with E-state index in [0.29, 0.717) is 13.2 Å². The van der Waals surface area contributed by atoms with Gasteiger partial charge in [0.2, 0.25) is 5.91 Å². The van der Waals surface area contributed by atoms with Gasteiger partial charge in [-0.1, -0.05) is 30.3 Å². The van der Waals surface area contributed by atoms with Crippen LogP contribution in [-0.4, -0.2) is 42.6 Å². The van der Waals surface area contributed by atoms with Crippen molar-refractivity contribution in [2.24, 2.45) is 0 Å². The third-order valence-electron chi connectivity index (χ3n) is 3.45. The Morgan fingerprint density at radius 3 is 2.75 bits per heavy atom. The minimum Gasteiger partial charge on any atom is -0.375 e. The Hall–Kier alpha value is -1.39. The quantitative estimate of drug-likeness (QED) is 0.914. The van der Waals surface area contributed by atoms with Crippen molar-refractivity contribution in [1.29, 1.82) is 0 Å². The number of amides is 1. The van der Waals surface area contributed by atoms with Gasteiger partial charge in [0.15, 0.2) is 0 Å². The molecule has 0 aromatic heterocycles. The SMILES string of the molecule is CC(C)NC(=O)CN1C[C@@H](C)OC[C@@H]1c1ccccc1. The third-order valence-corrected chi connectivity index (χ3v) is 3.45. The van der Waals surface area contributed by atoms with Gasteiger partial charge in [0.05, 0.1) is 25.3 Å². The van der Waals surface area contributed by atoms with Crippen LogP contribution in [0.3, 0.4) is 0 Å². The molecule has 1 aromatic carbocycles. The maximum atomic E-state index is 12.0. The number of ether oxygens (including phenoxy) is 1. The van der Waals surface area contributed by atoms with E-state index in [4.69, 9.17) is 4.74 Å². The lowest BCUT2D eigenvalue weighted by molar-refractivity contribution is -0.126. The normalized spacial score (nSPS) is 23.8. The van der Waals surface area contributed by atoms with Crippen LogP contribution in [0.1, 0.15) is 32.4 Å². The van der Waals surface area contributed by atoms with E-state index in [9.17, 15) is 4.79 Å². The lowest BCUT2D eigenvalue weighted by Crippen LogP contribution is -2.48. The van der Waals surface area contributed by atoms with Crippen LogP contribution in [0.2, 0.25) is 0 Å². The number of benzene rings is 1. The van der Waals surface area contributed by atoms with Crippen LogP contribution in [0.5, 0.6) is 0 Å². The summed E-state index contributed by atoms with van der Waals surface area (Å²) in [4.78, 5) is 14.2. The van der Waals surface area contributed by atoms with E-state index in [-0.39, 0.29) is 24.1 Å². The maximum Gasteiger partial charge on any atom is 0.234 e. The fourth-order valence-corrected chi connectivity index (χ4v) is 2.58. The van der Waals surface area contributed by atoms with Crippen molar-refractivity contribution < 1.29 is 9.53 Å². The molecule has 1 aliphatic heterocycles. The van der Waals surface area contributed by atoms with E-state index in [2.05, 4.69) is 29.3 Å². The van der Waals surface area contributed by atoms with E-state index in [1.54, 1.807) is 0 Å². The highest BCUT2D eigenvalue weighted by molar-refractivity contribution is 5.78. The number of carbonyl (C=O) groups excluding carboxylic acids is 1. The fraction of sp³-hybridized carbons (Fsp3) is 0.562. The summed E-state index contributed by atoms with van der Waals surface area (Å²) in [5.41, 5.74) is 1.21. The summed E-state index contributed by atoms with van der Waals surface area (Å²) < 4.78 is 5.76. The van der Waals surface area contributed by atoms with Gasteiger partial charge < -0.3 is 10.1 Å². The predicted molar refractivity (Wildman–Crippen MR) is 79.4 cm³/mol. The highest BCUT2D eigenvalue weighted by Crippen LogP contribution is 2.25. The molecule has 110 valence electrons. The number of nitrogens with zero attached hydrogens (tertiary/aromatic N) is 1. The van der Waals surface area contributed by atoms with Gasteiger partial charge >= 0.3 is 0 Å². The smallest absolute Gasteiger partial charge is 0.234 e. The molecule has 1 amide bonds. The Kier molecular flexibility index (Phi) is 5.15. The first-order valence-electron chi connectivity index (χ1n) is 7.26. The first kappa shape index (κ1) is 15.0. The zero-order chi connectivity index (χ0) is 14.5. The highest BCUT2D eigenvalue weighted by atomic mass is 16.5. The average molecular weight is 276 g/mol. The van der Waals surface area contributed by atoms with Gasteiger partial charge in [-0.25, -0.2) is 0 Å². The molecule has 4 heteroatoms. The highest BCUT2D eigenvalue weighted by Gasteiger charge is 2.29. The Labute approximate surface area is 121 Å². The van der Waals surface area contributed by atoms with Crippen molar-refractivity contribution in [2.45, 2.75) is 39.0 Å². The molecule has 2 rings (SSSR count). The number of nitrogens with one attached hydrogen (secondary N) is 1. The number of carbonyl (C=O) groups is 1. The average Bonchev–Trinajstić information content (AvgIpc) is 2.39. The van der Waals surface area contributed by atoms with Gasteiger partial charge in [-0.2, -0.15) is 0 Å². The summed E-state index contributed by atoms with van der Waals surface area (Å²) in [5, 5.41) is 2.96.